The SMILES string of the molecule is Cc1ccc(Sc2ccc(F)cc2C2CCNCC2)c(F)c1.Fc1ccc(Sc2ccc(Cl)cc2F)c(C2CCNCC2)c1.Fc1ccc(Sc2ccc(F)cc2C2CCNCC2)cc1. The van der Waals surface area contributed by atoms with E-state index in [1.54, 1.807) is 72.4 Å². The average molecular weight is 965 g/mol. The molecule has 3 aliphatic rings. The van der Waals surface area contributed by atoms with Crippen molar-refractivity contribution in [1.29, 1.82) is 0 Å². The van der Waals surface area contributed by atoms with E-state index in [9.17, 15) is 26.3 Å². The van der Waals surface area contributed by atoms with Crippen molar-refractivity contribution in [2.24, 2.45) is 0 Å². The molecule has 0 amide bonds. The average Bonchev–Trinajstić information content (AvgIpc) is 3.32. The van der Waals surface area contributed by atoms with Crippen LogP contribution in [-0.2, 0) is 0 Å². The van der Waals surface area contributed by atoms with Gasteiger partial charge in [-0.05, 0) is 234 Å². The second-order valence-corrected chi connectivity index (χ2v) is 20.1. The van der Waals surface area contributed by atoms with E-state index < -0.39 is 0 Å². The third-order valence-electron chi connectivity index (χ3n) is 11.7. The highest BCUT2D eigenvalue weighted by atomic mass is 35.5. The summed E-state index contributed by atoms with van der Waals surface area (Å²) >= 11 is 10.1. The van der Waals surface area contributed by atoms with Crippen molar-refractivity contribution in [3.8, 4) is 0 Å². The molecule has 0 aliphatic carbocycles. The molecule has 6 aromatic carbocycles. The van der Waals surface area contributed by atoms with E-state index in [0.717, 1.165) is 120 Å². The maximum absolute atomic E-state index is 14.1. The molecule has 13 heteroatoms. The highest BCUT2D eigenvalue weighted by Crippen LogP contribution is 2.41. The van der Waals surface area contributed by atoms with Gasteiger partial charge in [-0.15, -0.1) is 0 Å². The van der Waals surface area contributed by atoms with Crippen molar-refractivity contribution in [2.75, 3.05) is 39.3 Å². The minimum atomic E-state index is -0.349. The molecule has 3 nitrogen and oxygen atoms in total. The van der Waals surface area contributed by atoms with Crippen LogP contribution in [0.1, 0.15) is 78.5 Å². The van der Waals surface area contributed by atoms with Gasteiger partial charge in [0.05, 0.1) is 0 Å². The standard InChI is InChI=1S/C18H19F2NS.C17H16ClF2NS.C17H17F2NS/c1-12-2-4-18(16(20)10-12)22-17-5-3-14(19)11-15(17)13-6-8-21-9-7-13;18-12-1-3-17(15(20)9-12)22-16-4-2-13(19)10-14(16)11-5-7-21-8-6-11;18-13-1-4-15(5-2-13)21-17-6-3-14(19)11-16(17)12-7-9-20-10-8-12/h2-5,10-11,13,21H,6-9H2,1H3;1-4,9-11,21H,5-8H2;1-6,11-12,20H,7-10H2. The lowest BCUT2D eigenvalue weighted by atomic mass is 9.90. The third kappa shape index (κ3) is 14.3. The van der Waals surface area contributed by atoms with Crippen LogP contribution in [0, 0.1) is 41.8 Å². The third-order valence-corrected chi connectivity index (χ3v) is 15.3. The van der Waals surface area contributed by atoms with Crippen molar-refractivity contribution < 1.29 is 26.3 Å². The molecule has 6 aromatic rings. The van der Waals surface area contributed by atoms with Gasteiger partial charge in [0, 0.05) is 34.4 Å². The van der Waals surface area contributed by atoms with E-state index in [1.165, 1.54) is 66.0 Å². The summed E-state index contributed by atoms with van der Waals surface area (Å²) < 4.78 is 82.0. The number of hydrogen-bond acceptors (Lipinski definition) is 6. The molecule has 3 heterocycles. The fourth-order valence-corrected chi connectivity index (χ4v) is 11.5. The minimum Gasteiger partial charge on any atom is -0.317 e. The van der Waals surface area contributed by atoms with Crippen molar-refractivity contribution in [3.05, 3.63) is 177 Å². The zero-order valence-electron chi connectivity index (χ0n) is 36.1. The first-order valence-corrected chi connectivity index (χ1v) is 24.8. The Hall–Kier alpha value is -3.88. The Morgan fingerprint density at radius 1 is 0.400 bits per heavy atom. The zero-order chi connectivity index (χ0) is 45.7. The van der Waals surface area contributed by atoms with E-state index >= 15 is 0 Å². The van der Waals surface area contributed by atoms with E-state index in [-0.39, 0.29) is 34.9 Å². The van der Waals surface area contributed by atoms with Crippen molar-refractivity contribution in [2.45, 2.75) is 92.6 Å². The van der Waals surface area contributed by atoms with Crippen LogP contribution in [-0.4, -0.2) is 39.3 Å². The van der Waals surface area contributed by atoms with Gasteiger partial charge >= 0.3 is 0 Å². The Morgan fingerprint density at radius 3 is 1.15 bits per heavy atom. The van der Waals surface area contributed by atoms with Crippen LogP contribution in [0.4, 0.5) is 26.3 Å². The zero-order valence-corrected chi connectivity index (χ0v) is 39.3. The van der Waals surface area contributed by atoms with Crippen LogP contribution >= 0.6 is 46.9 Å². The molecule has 3 saturated heterocycles. The maximum atomic E-state index is 14.1. The molecule has 3 N–H and O–H groups in total. The highest BCUT2D eigenvalue weighted by molar-refractivity contribution is 8.00. The molecule has 0 atom stereocenters. The quantitative estimate of drug-likeness (QED) is 0.125. The van der Waals surface area contributed by atoms with Gasteiger partial charge in [-0.2, -0.15) is 0 Å². The Bertz CT molecular complexity index is 2380. The van der Waals surface area contributed by atoms with E-state index in [0.29, 0.717) is 32.6 Å². The van der Waals surface area contributed by atoms with Crippen molar-refractivity contribution >= 4 is 46.9 Å². The summed E-state index contributed by atoms with van der Waals surface area (Å²) in [5.74, 6) is -0.405. The number of rotatable bonds is 9. The van der Waals surface area contributed by atoms with Crippen molar-refractivity contribution in [1.82, 2.24) is 16.0 Å². The van der Waals surface area contributed by atoms with Crippen LogP contribution in [0.25, 0.3) is 0 Å². The van der Waals surface area contributed by atoms with Gasteiger partial charge in [0.2, 0.25) is 0 Å². The summed E-state index contributed by atoms with van der Waals surface area (Å²) in [6.07, 6.45) is 5.99. The Labute approximate surface area is 396 Å². The van der Waals surface area contributed by atoms with Gasteiger partial charge in [-0.25, -0.2) is 26.3 Å². The molecule has 0 radical (unpaired) electrons. The molecular formula is C52H52ClF6N3S3. The predicted octanol–water partition coefficient (Wildman–Crippen LogP) is 14.7. The molecule has 342 valence electrons. The number of piperidine rings is 3. The van der Waals surface area contributed by atoms with Crippen LogP contribution in [0.15, 0.2) is 145 Å². The fourth-order valence-electron chi connectivity index (χ4n) is 8.31. The molecule has 0 saturated carbocycles. The topological polar surface area (TPSA) is 36.1 Å². The minimum absolute atomic E-state index is 0.188. The molecule has 3 aliphatic heterocycles. The number of benzene rings is 6. The number of nitrogens with one attached hydrogen (secondary N) is 3. The lowest BCUT2D eigenvalue weighted by molar-refractivity contribution is 0.454. The summed E-state index contributed by atoms with van der Waals surface area (Å²) in [6.45, 7) is 7.58. The summed E-state index contributed by atoms with van der Waals surface area (Å²) in [5.41, 5.74) is 3.96. The molecule has 65 heavy (non-hydrogen) atoms. The fraction of sp³-hybridized carbons (Fsp3) is 0.308. The number of hydrogen-bond donors (Lipinski definition) is 3. The first-order chi connectivity index (χ1) is 31.5. The Kier molecular flexibility index (Phi) is 18.3. The molecule has 0 bridgehead atoms. The second-order valence-electron chi connectivity index (χ2n) is 16.4. The molecule has 0 unspecified atom stereocenters. The van der Waals surface area contributed by atoms with Gasteiger partial charge in [0.1, 0.15) is 34.9 Å². The number of aryl methyl sites for hydroxylation is 1. The molecule has 3 fully saturated rings. The maximum Gasteiger partial charge on any atom is 0.138 e. The summed E-state index contributed by atoms with van der Waals surface area (Å²) in [4.78, 5) is 5.00. The van der Waals surface area contributed by atoms with Crippen LogP contribution in [0.3, 0.4) is 0 Å². The summed E-state index contributed by atoms with van der Waals surface area (Å²) in [5, 5.41) is 10.3. The van der Waals surface area contributed by atoms with Crippen LogP contribution in [0.5, 0.6) is 0 Å². The summed E-state index contributed by atoms with van der Waals surface area (Å²) in [6, 6.07) is 30.9. The molecule has 9 rings (SSSR count). The molecular weight excluding hydrogens is 912 g/mol. The lowest BCUT2D eigenvalue weighted by Gasteiger charge is -2.25. The van der Waals surface area contributed by atoms with E-state index in [4.69, 9.17) is 11.6 Å². The lowest BCUT2D eigenvalue weighted by Crippen LogP contribution is -2.26. The van der Waals surface area contributed by atoms with Gasteiger partial charge in [-0.3, -0.25) is 0 Å². The van der Waals surface area contributed by atoms with E-state index in [2.05, 4.69) is 16.0 Å². The van der Waals surface area contributed by atoms with E-state index in [1.807, 2.05) is 19.1 Å². The number of halogens is 7. The van der Waals surface area contributed by atoms with Crippen LogP contribution < -0.4 is 16.0 Å². The van der Waals surface area contributed by atoms with Crippen molar-refractivity contribution in [3.63, 3.8) is 0 Å². The van der Waals surface area contributed by atoms with Crippen LogP contribution in [0.2, 0.25) is 5.02 Å². The highest BCUT2D eigenvalue weighted by Gasteiger charge is 2.23. The summed E-state index contributed by atoms with van der Waals surface area (Å²) in [7, 11) is 0. The monoisotopic (exact) mass is 963 g/mol. The first-order valence-electron chi connectivity index (χ1n) is 22.0. The van der Waals surface area contributed by atoms with Gasteiger partial charge < -0.3 is 16.0 Å². The predicted molar refractivity (Wildman–Crippen MR) is 255 cm³/mol. The Balaban J connectivity index is 0.000000145. The smallest absolute Gasteiger partial charge is 0.138 e. The second kappa shape index (κ2) is 24.2. The first kappa shape index (κ1) is 49.0. The molecule has 0 spiro atoms. The largest absolute Gasteiger partial charge is 0.317 e. The van der Waals surface area contributed by atoms with Gasteiger partial charge in [0.15, 0.2) is 0 Å². The normalized spacial score (nSPS) is 16.0. The Morgan fingerprint density at radius 2 is 0.754 bits per heavy atom. The van der Waals surface area contributed by atoms with Gasteiger partial charge in [0.25, 0.3) is 0 Å². The molecule has 0 aromatic heterocycles. The van der Waals surface area contributed by atoms with Gasteiger partial charge in [-0.1, -0.05) is 53.0 Å².